The number of hydrogen-bond donors (Lipinski definition) is 1. The minimum atomic E-state index is -3.81. The monoisotopic (exact) mass is 440 g/mol. The van der Waals surface area contributed by atoms with E-state index < -0.39 is 10.0 Å². The van der Waals surface area contributed by atoms with Crippen molar-refractivity contribution < 1.29 is 17.6 Å². The van der Waals surface area contributed by atoms with E-state index in [-0.39, 0.29) is 22.2 Å². The lowest BCUT2D eigenvalue weighted by atomic mass is 10.1. The Kier molecular flexibility index (Phi) is 7.07. The van der Waals surface area contributed by atoms with Crippen LogP contribution < -0.4 is 9.62 Å². The van der Waals surface area contributed by atoms with Crippen LogP contribution in [0.2, 0.25) is 0 Å². The fourth-order valence-electron chi connectivity index (χ4n) is 3.25. The van der Waals surface area contributed by atoms with Gasteiger partial charge in [-0.1, -0.05) is 36.4 Å². The lowest BCUT2D eigenvalue weighted by Crippen LogP contribution is -2.28. The van der Waals surface area contributed by atoms with E-state index in [1.165, 1.54) is 35.6 Å². The molecule has 0 aliphatic carbocycles. The first-order chi connectivity index (χ1) is 14.8. The standard InChI is InChI=1S/C24H25FN2O3S/c1-18-7-3-4-11-23(18)27(2)31(29,30)22-10-5-9-20(17-22)24(28)26-16-6-8-19-12-14-21(25)15-13-19/h3-5,7,9-15,17H,6,8,16H2,1-2H3,(H,26,28). The van der Waals surface area contributed by atoms with E-state index in [9.17, 15) is 17.6 Å². The van der Waals surface area contributed by atoms with Gasteiger partial charge in [-0.15, -0.1) is 0 Å². The van der Waals surface area contributed by atoms with Crippen LogP contribution in [0.15, 0.2) is 77.7 Å². The fraction of sp³-hybridized carbons (Fsp3) is 0.208. The van der Waals surface area contributed by atoms with Crippen LogP contribution in [0.25, 0.3) is 0 Å². The van der Waals surface area contributed by atoms with Gasteiger partial charge in [0.25, 0.3) is 15.9 Å². The number of carbonyl (C=O) groups excluding carboxylic acids is 1. The first-order valence-corrected chi connectivity index (χ1v) is 11.4. The molecule has 0 aliphatic rings. The smallest absolute Gasteiger partial charge is 0.264 e. The molecule has 31 heavy (non-hydrogen) atoms. The van der Waals surface area contributed by atoms with Crippen molar-refractivity contribution in [2.75, 3.05) is 17.9 Å². The molecule has 0 aliphatic heterocycles. The molecule has 0 unspecified atom stereocenters. The van der Waals surface area contributed by atoms with E-state index in [1.807, 2.05) is 19.1 Å². The molecular formula is C24H25FN2O3S. The second kappa shape index (κ2) is 9.75. The summed E-state index contributed by atoms with van der Waals surface area (Å²) >= 11 is 0. The molecule has 0 aromatic heterocycles. The molecule has 3 aromatic rings. The predicted molar refractivity (Wildman–Crippen MR) is 120 cm³/mol. The van der Waals surface area contributed by atoms with Crippen molar-refractivity contribution in [1.29, 1.82) is 0 Å². The zero-order valence-corrected chi connectivity index (χ0v) is 18.3. The topological polar surface area (TPSA) is 66.5 Å². The number of aryl methyl sites for hydroxylation is 2. The average molecular weight is 441 g/mol. The van der Waals surface area contributed by atoms with Gasteiger partial charge in [0.1, 0.15) is 5.82 Å². The molecule has 7 heteroatoms. The zero-order chi connectivity index (χ0) is 22.4. The molecule has 162 valence electrons. The van der Waals surface area contributed by atoms with Crippen molar-refractivity contribution in [3.8, 4) is 0 Å². The molecule has 0 fully saturated rings. The van der Waals surface area contributed by atoms with Crippen molar-refractivity contribution in [1.82, 2.24) is 5.32 Å². The lowest BCUT2D eigenvalue weighted by molar-refractivity contribution is 0.0953. The van der Waals surface area contributed by atoms with Crippen LogP contribution >= 0.6 is 0 Å². The number of nitrogens with one attached hydrogen (secondary N) is 1. The van der Waals surface area contributed by atoms with E-state index >= 15 is 0 Å². The highest BCUT2D eigenvalue weighted by Crippen LogP contribution is 2.25. The summed E-state index contributed by atoms with van der Waals surface area (Å²) in [5.74, 6) is -0.616. The molecule has 3 rings (SSSR count). The molecule has 0 saturated carbocycles. The average Bonchev–Trinajstić information content (AvgIpc) is 2.77. The highest BCUT2D eigenvalue weighted by atomic mass is 32.2. The first kappa shape index (κ1) is 22.5. The van der Waals surface area contributed by atoms with Crippen molar-refractivity contribution >= 4 is 21.6 Å². The van der Waals surface area contributed by atoms with Crippen LogP contribution in [0, 0.1) is 12.7 Å². The number of halogens is 1. The van der Waals surface area contributed by atoms with Gasteiger partial charge < -0.3 is 5.32 Å². The van der Waals surface area contributed by atoms with Crippen LogP contribution in [0.4, 0.5) is 10.1 Å². The normalized spacial score (nSPS) is 11.2. The number of benzene rings is 3. The minimum Gasteiger partial charge on any atom is -0.352 e. The summed E-state index contributed by atoms with van der Waals surface area (Å²) in [4.78, 5) is 12.6. The van der Waals surface area contributed by atoms with E-state index in [1.54, 1.807) is 36.4 Å². The van der Waals surface area contributed by atoms with E-state index in [0.29, 0.717) is 25.1 Å². The van der Waals surface area contributed by atoms with Crippen LogP contribution in [0.1, 0.15) is 27.9 Å². The summed E-state index contributed by atoms with van der Waals surface area (Å²) < 4.78 is 40.3. The number of carbonyl (C=O) groups is 1. The van der Waals surface area contributed by atoms with Crippen molar-refractivity contribution in [2.24, 2.45) is 0 Å². The lowest BCUT2D eigenvalue weighted by Gasteiger charge is -2.21. The molecule has 3 aromatic carbocycles. The summed E-state index contributed by atoms with van der Waals surface area (Å²) in [6.45, 7) is 2.27. The van der Waals surface area contributed by atoms with Gasteiger partial charge >= 0.3 is 0 Å². The van der Waals surface area contributed by atoms with Crippen LogP contribution in [-0.4, -0.2) is 27.9 Å². The summed E-state index contributed by atoms with van der Waals surface area (Å²) in [6, 6.07) is 19.5. The van der Waals surface area contributed by atoms with Gasteiger partial charge in [-0.3, -0.25) is 9.10 Å². The van der Waals surface area contributed by atoms with Gasteiger partial charge in [0.15, 0.2) is 0 Å². The number of nitrogens with zero attached hydrogens (tertiary/aromatic N) is 1. The third-order valence-electron chi connectivity index (χ3n) is 5.05. The number of anilines is 1. The van der Waals surface area contributed by atoms with Crippen LogP contribution in [0.5, 0.6) is 0 Å². The van der Waals surface area contributed by atoms with Crippen LogP contribution in [0.3, 0.4) is 0 Å². The number of sulfonamides is 1. The number of hydrogen-bond acceptors (Lipinski definition) is 3. The number of para-hydroxylation sites is 1. The van der Waals surface area contributed by atoms with E-state index in [0.717, 1.165) is 11.1 Å². The van der Waals surface area contributed by atoms with Gasteiger partial charge in [0.05, 0.1) is 10.6 Å². The van der Waals surface area contributed by atoms with Crippen molar-refractivity contribution in [3.63, 3.8) is 0 Å². The Morgan fingerprint density at radius 3 is 2.42 bits per heavy atom. The predicted octanol–water partition coefficient (Wildman–Crippen LogP) is 4.32. The fourth-order valence-corrected chi connectivity index (χ4v) is 4.56. The van der Waals surface area contributed by atoms with Gasteiger partial charge in [0, 0.05) is 19.2 Å². The quantitative estimate of drug-likeness (QED) is 0.531. The first-order valence-electron chi connectivity index (χ1n) is 9.96. The SMILES string of the molecule is Cc1ccccc1N(C)S(=O)(=O)c1cccc(C(=O)NCCCc2ccc(F)cc2)c1. The van der Waals surface area contributed by atoms with Crippen LogP contribution in [-0.2, 0) is 16.4 Å². The third-order valence-corrected chi connectivity index (χ3v) is 6.82. The summed E-state index contributed by atoms with van der Waals surface area (Å²) in [6.07, 6.45) is 1.39. The molecule has 0 saturated heterocycles. The second-order valence-electron chi connectivity index (χ2n) is 7.27. The maximum Gasteiger partial charge on any atom is 0.264 e. The van der Waals surface area contributed by atoms with E-state index in [2.05, 4.69) is 5.32 Å². The molecule has 1 amide bonds. The molecule has 0 bridgehead atoms. The third kappa shape index (κ3) is 5.49. The highest BCUT2D eigenvalue weighted by molar-refractivity contribution is 7.92. The Morgan fingerprint density at radius 1 is 1.00 bits per heavy atom. The summed E-state index contributed by atoms with van der Waals surface area (Å²) in [5, 5.41) is 2.81. The van der Waals surface area contributed by atoms with Gasteiger partial charge in [-0.05, 0) is 67.3 Å². The molecule has 5 nitrogen and oxygen atoms in total. The van der Waals surface area contributed by atoms with Gasteiger partial charge in [-0.2, -0.15) is 0 Å². The summed E-state index contributed by atoms with van der Waals surface area (Å²) in [7, 11) is -2.31. The number of amides is 1. The maximum absolute atomic E-state index is 13.1. The zero-order valence-electron chi connectivity index (χ0n) is 17.5. The molecule has 0 radical (unpaired) electrons. The summed E-state index contributed by atoms with van der Waals surface area (Å²) in [5.41, 5.74) is 2.69. The molecule has 0 heterocycles. The maximum atomic E-state index is 13.1. The Balaban J connectivity index is 1.65. The van der Waals surface area contributed by atoms with E-state index in [4.69, 9.17) is 0 Å². The Labute approximate surface area is 182 Å². The minimum absolute atomic E-state index is 0.0530. The van der Waals surface area contributed by atoms with Gasteiger partial charge in [0.2, 0.25) is 0 Å². The van der Waals surface area contributed by atoms with Gasteiger partial charge in [-0.25, -0.2) is 12.8 Å². The molecule has 0 atom stereocenters. The van der Waals surface area contributed by atoms with Crippen molar-refractivity contribution in [3.05, 3.63) is 95.3 Å². The molecule has 0 spiro atoms. The molecular weight excluding hydrogens is 415 g/mol. The number of rotatable bonds is 8. The highest BCUT2D eigenvalue weighted by Gasteiger charge is 2.23. The Bertz CT molecular complexity index is 1160. The Hall–Kier alpha value is -3.19. The largest absolute Gasteiger partial charge is 0.352 e. The second-order valence-corrected chi connectivity index (χ2v) is 9.24. The van der Waals surface area contributed by atoms with Crippen molar-refractivity contribution in [2.45, 2.75) is 24.7 Å². The Morgan fingerprint density at radius 2 is 1.71 bits per heavy atom. The molecule has 1 N–H and O–H groups in total.